The van der Waals surface area contributed by atoms with Crippen LogP contribution in [0.5, 0.6) is 5.75 Å². The summed E-state index contributed by atoms with van der Waals surface area (Å²) in [5.74, 6) is 0.821. The van der Waals surface area contributed by atoms with Gasteiger partial charge in [-0.3, -0.25) is 4.79 Å². The zero-order chi connectivity index (χ0) is 12.1. The van der Waals surface area contributed by atoms with Crippen molar-refractivity contribution in [1.29, 1.82) is 0 Å². The molecule has 0 unspecified atom stereocenters. The maximum atomic E-state index is 12.1. The first-order chi connectivity index (χ1) is 7.63. The highest BCUT2D eigenvalue weighted by molar-refractivity contribution is 5.94. The standard InChI is InChI=1S/C13H19NO2/c1-5-14(6-2)13(15)11-8-7-10(3)12(9-11)16-4/h7-9H,5-6H2,1-4H3. The normalized spacial score (nSPS) is 10.0. The number of aryl methyl sites for hydroxylation is 1. The minimum atomic E-state index is 0.0586. The molecule has 0 heterocycles. The van der Waals surface area contributed by atoms with Gasteiger partial charge in [-0.15, -0.1) is 0 Å². The van der Waals surface area contributed by atoms with E-state index < -0.39 is 0 Å². The van der Waals surface area contributed by atoms with Gasteiger partial charge in [-0.25, -0.2) is 0 Å². The van der Waals surface area contributed by atoms with Gasteiger partial charge >= 0.3 is 0 Å². The first kappa shape index (κ1) is 12.6. The number of methoxy groups -OCH3 is 1. The fourth-order valence-electron chi connectivity index (χ4n) is 1.65. The van der Waals surface area contributed by atoms with Crippen LogP contribution in [-0.2, 0) is 0 Å². The molecule has 0 aliphatic heterocycles. The molecule has 3 heteroatoms. The summed E-state index contributed by atoms with van der Waals surface area (Å²) in [7, 11) is 1.62. The summed E-state index contributed by atoms with van der Waals surface area (Å²) in [6.45, 7) is 7.38. The zero-order valence-electron chi connectivity index (χ0n) is 10.4. The minimum Gasteiger partial charge on any atom is -0.496 e. The number of carbonyl (C=O) groups excluding carboxylic acids is 1. The van der Waals surface area contributed by atoms with Crippen LogP contribution in [0.25, 0.3) is 0 Å². The molecule has 0 aliphatic carbocycles. The number of carbonyl (C=O) groups is 1. The molecule has 0 radical (unpaired) electrons. The Bertz CT molecular complexity index is 370. The van der Waals surface area contributed by atoms with Crippen LogP contribution in [-0.4, -0.2) is 31.0 Å². The first-order valence-electron chi connectivity index (χ1n) is 5.57. The van der Waals surface area contributed by atoms with Gasteiger partial charge in [0.25, 0.3) is 5.91 Å². The number of ether oxygens (including phenoxy) is 1. The van der Waals surface area contributed by atoms with Crippen LogP contribution in [0.3, 0.4) is 0 Å². The monoisotopic (exact) mass is 221 g/mol. The second kappa shape index (κ2) is 5.54. The molecule has 1 aromatic rings. The summed E-state index contributed by atoms with van der Waals surface area (Å²) in [4.78, 5) is 13.9. The van der Waals surface area contributed by atoms with E-state index in [0.717, 1.165) is 24.4 Å². The lowest BCUT2D eigenvalue weighted by molar-refractivity contribution is 0.0772. The Kier molecular flexibility index (Phi) is 4.35. The summed E-state index contributed by atoms with van der Waals surface area (Å²) >= 11 is 0. The van der Waals surface area contributed by atoms with E-state index in [9.17, 15) is 4.79 Å². The highest BCUT2D eigenvalue weighted by atomic mass is 16.5. The fraction of sp³-hybridized carbons (Fsp3) is 0.462. The summed E-state index contributed by atoms with van der Waals surface area (Å²) in [6, 6.07) is 5.56. The summed E-state index contributed by atoms with van der Waals surface area (Å²) in [5, 5.41) is 0. The van der Waals surface area contributed by atoms with Gasteiger partial charge < -0.3 is 9.64 Å². The van der Waals surface area contributed by atoms with Gasteiger partial charge in [0.05, 0.1) is 7.11 Å². The Morgan fingerprint density at radius 2 is 1.94 bits per heavy atom. The van der Waals surface area contributed by atoms with Crippen LogP contribution in [0.15, 0.2) is 18.2 Å². The fourth-order valence-corrected chi connectivity index (χ4v) is 1.65. The van der Waals surface area contributed by atoms with Crippen molar-refractivity contribution in [1.82, 2.24) is 4.90 Å². The van der Waals surface area contributed by atoms with E-state index in [1.165, 1.54) is 0 Å². The first-order valence-corrected chi connectivity index (χ1v) is 5.57. The molecule has 0 N–H and O–H groups in total. The van der Waals surface area contributed by atoms with Gasteiger partial charge in [0.1, 0.15) is 5.75 Å². The van der Waals surface area contributed by atoms with E-state index in [2.05, 4.69) is 0 Å². The molecule has 0 bridgehead atoms. The smallest absolute Gasteiger partial charge is 0.253 e. The summed E-state index contributed by atoms with van der Waals surface area (Å²) < 4.78 is 5.21. The van der Waals surface area contributed by atoms with Crippen molar-refractivity contribution >= 4 is 5.91 Å². The van der Waals surface area contributed by atoms with Crippen molar-refractivity contribution in [3.63, 3.8) is 0 Å². The minimum absolute atomic E-state index is 0.0586. The van der Waals surface area contributed by atoms with Gasteiger partial charge in [0.15, 0.2) is 0 Å². The second-order valence-corrected chi connectivity index (χ2v) is 3.66. The Labute approximate surface area is 97.0 Å². The predicted molar refractivity (Wildman–Crippen MR) is 65.0 cm³/mol. The maximum absolute atomic E-state index is 12.1. The number of nitrogens with zero attached hydrogens (tertiary/aromatic N) is 1. The van der Waals surface area contributed by atoms with E-state index in [0.29, 0.717) is 5.56 Å². The number of rotatable bonds is 4. The molecule has 1 amide bonds. The van der Waals surface area contributed by atoms with E-state index in [1.807, 2.05) is 32.9 Å². The molecule has 0 saturated carbocycles. The van der Waals surface area contributed by atoms with E-state index >= 15 is 0 Å². The molecule has 88 valence electrons. The lowest BCUT2D eigenvalue weighted by atomic mass is 10.1. The van der Waals surface area contributed by atoms with Crippen LogP contribution < -0.4 is 4.74 Å². The third-order valence-corrected chi connectivity index (χ3v) is 2.71. The van der Waals surface area contributed by atoms with Crippen molar-refractivity contribution in [3.05, 3.63) is 29.3 Å². The third kappa shape index (κ3) is 2.54. The van der Waals surface area contributed by atoms with Crippen LogP contribution in [0.2, 0.25) is 0 Å². The molecule has 1 aromatic carbocycles. The van der Waals surface area contributed by atoms with Crippen LogP contribution in [0, 0.1) is 6.92 Å². The van der Waals surface area contributed by atoms with Crippen molar-refractivity contribution in [2.24, 2.45) is 0 Å². The average Bonchev–Trinajstić information content (AvgIpc) is 2.31. The molecule has 3 nitrogen and oxygen atoms in total. The Hall–Kier alpha value is -1.51. The van der Waals surface area contributed by atoms with Gasteiger partial charge in [-0.05, 0) is 38.5 Å². The number of benzene rings is 1. The Morgan fingerprint density at radius 1 is 1.31 bits per heavy atom. The molecular formula is C13H19NO2. The molecule has 16 heavy (non-hydrogen) atoms. The quantitative estimate of drug-likeness (QED) is 0.781. The van der Waals surface area contributed by atoms with Crippen LogP contribution in [0.4, 0.5) is 0 Å². The lowest BCUT2D eigenvalue weighted by Gasteiger charge is -2.19. The van der Waals surface area contributed by atoms with Crippen LogP contribution >= 0.6 is 0 Å². The Morgan fingerprint density at radius 3 is 2.44 bits per heavy atom. The van der Waals surface area contributed by atoms with Crippen LogP contribution in [0.1, 0.15) is 29.8 Å². The molecule has 0 fully saturated rings. The lowest BCUT2D eigenvalue weighted by Crippen LogP contribution is -2.30. The number of amides is 1. The average molecular weight is 221 g/mol. The predicted octanol–water partition coefficient (Wildman–Crippen LogP) is 2.49. The third-order valence-electron chi connectivity index (χ3n) is 2.71. The van der Waals surface area contributed by atoms with Crippen molar-refractivity contribution in [3.8, 4) is 5.75 Å². The largest absolute Gasteiger partial charge is 0.496 e. The van der Waals surface area contributed by atoms with E-state index in [1.54, 1.807) is 18.1 Å². The van der Waals surface area contributed by atoms with E-state index in [-0.39, 0.29) is 5.91 Å². The van der Waals surface area contributed by atoms with Gasteiger partial charge in [-0.2, -0.15) is 0 Å². The summed E-state index contributed by atoms with van der Waals surface area (Å²) in [5.41, 5.74) is 1.73. The highest BCUT2D eigenvalue weighted by Crippen LogP contribution is 2.19. The topological polar surface area (TPSA) is 29.5 Å². The molecule has 1 rings (SSSR count). The summed E-state index contributed by atoms with van der Waals surface area (Å²) in [6.07, 6.45) is 0. The van der Waals surface area contributed by atoms with Crippen molar-refractivity contribution in [2.75, 3.05) is 20.2 Å². The number of hydrogen-bond donors (Lipinski definition) is 0. The van der Waals surface area contributed by atoms with Gasteiger partial charge in [0, 0.05) is 18.7 Å². The molecule has 0 atom stereocenters. The maximum Gasteiger partial charge on any atom is 0.253 e. The van der Waals surface area contributed by atoms with Gasteiger partial charge in [0.2, 0.25) is 0 Å². The molecule has 0 aromatic heterocycles. The van der Waals surface area contributed by atoms with E-state index in [4.69, 9.17) is 4.74 Å². The zero-order valence-corrected chi connectivity index (χ0v) is 10.4. The van der Waals surface area contributed by atoms with Crippen molar-refractivity contribution < 1.29 is 9.53 Å². The molecular weight excluding hydrogens is 202 g/mol. The highest BCUT2D eigenvalue weighted by Gasteiger charge is 2.13. The SMILES string of the molecule is CCN(CC)C(=O)c1ccc(C)c(OC)c1. The molecule has 0 spiro atoms. The second-order valence-electron chi connectivity index (χ2n) is 3.66. The van der Waals surface area contributed by atoms with Crippen molar-refractivity contribution in [2.45, 2.75) is 20.8 Å². The Balaban J connectivity index is 3.00. The molecule has 0 aliphatic rings. The van der Waals surface area contributed by atoms with Gasteiger partial charge in [-0.1, -0.05) is 6.07 Å². The molecule has 0 saturated heterocycles. The number of hydrogen-bond acceptors (Lipinski definition) is 2.